The van der Waals surface area contributed by atoms with E-state index in [1.807, 2.05) is 6.92 Å². The molecule has 156 valence electrons. The molecule has 1 aliphatic rings. The highest BCUT2D eigenvalue weighted by atomic mass is 35.5. The van der Waals surface area contributed by atoms with Gasteiger partial charge in [0.15, 0.2) is 0 Å². The summed E-state index contributed by atoms with van der Waals surface area (Å²) in [5.74, 6) is -0.398. The molecule has 4 nitrogen and oxygen atoms in total. The molecule has 3 aromatic rings. The zero-order valence-corrected chi connectivity index (χ0v) is 17.5. The number of nitrogens with zero attached hydrogens (tertiary/aromatic N) is 1. The third-order valence-corrected chi connectivity index (χ3v) is 6.55. The molecule has 0 bridgehead atoms. The first-order chi connectivity index (χ1) is 14.4. The summed E-state index contributed by atoms with van der Waals surface area (Å²) in [4.78, 5) is 17.0. The van der Waals surface area contributed by atoms with Crippen molar-refractivity contribution in [2.24, 2.45) is 11.8 Å². The molecule has 0 aliphatic heterocycles. The molecule has 0 radical (unpaired) electrons. The Morgan fingerprint density at radius 2 is 1.90 bits per heavy atom. The van der Waals surface area contributed by atoms with Crippen LogP contribution in [0.4, 0.5) is 10.1 Å². The van der Waals surface area contributed by atoms with E-state index in [4.69, 9.17) is 11.6 Å². The number of carbonyl (C=O) groups is 1. The molecule has 0 spiro atoms. The van der Waals surface area contributed by atoms with E-state index in [0.717, 1.165) is 0 Å². The van der Waals surface area contributed by atoms with Crippen molar-refractivity contribution in [3.05, 3.63) is 71.1 Å². The van der Waals surface area contributed by atoms with Crippen LogP contribution in [0.3, 0.4) is 0 Å². The molecule has 1 saturated carbocycles. The van der Waals surface area contributed by atoms with Gasteiger partial charge in [0.25, 0.3) is 0 Å². The van der Waals surface area contributed by atoms with Crippen LogP contribution in [0.1, 0.15) is 38.2 Å². The number of halogens is 2. The Morgan fingerprint density at radius 3 is 2.60 bits per heavy atom. The zero-order valence-electron chi connectivity index (χ0n) is 16.7. The summed E-state index contributed by atoms with van der Waals surface area (Å²) in [5, 5.41) is 15.6. The lowest BCUT2D eigenvalue weighted by Crippen LogP contribution is -2.36. The van der Waals surface area contributed by atoms with Crippen molar-refractivity contribution in [2.45, 2.75) is 38.2 Å². The van der Waals surface area contributed by atoms with Crippen molar-refractivity contribution in [3.63, 3.8) is 0 Å². The number of aliphatic hydroxyl groups is 1. The number of benzene rings is 2. The van der Waals surface area contributed by atoms with Crippen molar-refractivity contribution in [3.8, 4) is 0 Å². The second-order valence-electron chi connectivity index (χ2n) is 8.17. The van der Waals surface area contributed by atoms with Gasteiger partial charge in [-0.1, -0.05) is 18.5 Å². The third kappa shape index (κ3) is 4.18. The van der Waals surface area contributed by atoms with Gasteiger partial charge in [-0.25, -0.2) is 4.39 Å². The molecule has 1 aromatic heterocycles. The number of aromatic nitrogens is 1. The van der Waals surface area contributed by atoms with E-state index in [-0.39, 0.29) is 23.6 Å². The van der Waals surface area contributed by atoms with Gasteiger partial charge < -0.3 is 10.4 Å². The molecular weight excluding hydrogens is 403 g/mol. The van der Waals surface area contributed by atoms with Crippen LogP contribution < -0.4 is 5.32 Å². The number of anilines is 1. The Morgan fingerprint density at radius 1 is 1.20 bits per heavy atom. The van der Waals surface area contributed by atoms with Gasteiger partial charge in [0.2, 0.25) is 5.91 Å². The van der Waals surface area contributed by atoms with Crippen LogP contribution >= 0.6 is 11.6 Å². The van der Waals surface area contributed by atoms with E-state index >= 15 is 0 Å². The molecule has 1 heterocycles. The maximum Gasteiger partial charge on any atom is 0.227 e. The van der Waals surface area contributed by atoms with Crippen molar-refractivity contribution in [1.29, 1.82) is 0 Å². The smallest absolute Gasteiger partial charge is 0.227 e. The van der Waals surface area contributed by atoms with Gasteiger partial charge in [0.1, 0.15) is 5.82 Å². The summed E-state index contributed by atoms with van der Waals surface area (Å²) in [7, 11) is 0. The fraction of sp³-hybridized carbons (Fsp3) is 0.333. The number of amides is 1. The number of pyridine rings is 1. The molecule has 0 unspecified atom stereocenters. The molecule has 1 atom stereocenters. The van der Waals surface area contributed by atoms with Gasteiger partial charge >= 0.3 is 0 Å². The van der Waals surface area contributed by atoms with E-state index in [2.05, 4.69) is 10.3 Å². The largest absolute Gasteiger partial charge is 0.385 e. The quantitative estimate of drug-likeness (QED) is 0.564. The minimum Gasteiger partial charge on any atom is -0.385 e. The fourth-order valence-corrected chi connectivity index (χ4v) is 4.54. The van der Waals surface area contributed by atoms with Crippen LogP contribution in [0.25, 0.3) is 10.9 Å². The van der Waals surface area contributed by atoms with Gasteiger partial charge in [0.05, 0.1) is 11.1 Å². The van der Waals surface area contributed by atoms with E-state index in [0.29, 0.717) is 52.9 Å². The summed E-state index contributed by atoms with van der Waals surface area (Å²) in [5.41, 5.74) is 1.05. The molecule has 2 N–H and O–H groups in total. The molecule has 0 saturated heterocycles. The topological polar surface area (TPSA) is 62.2 Å². The Labute approximate surface area is 180 Å². The maximum atomic E-state index is 13.8. The number of hydrogen-bond acceptors (Lipinski definition) is 3. The second-order valence-corrected chi connectivity index (χ2v) is 8.61. The number of carbonyl (C=O) groups excluding carboxylic acids is 1. The Bertz CT molecular complexity index is 1060. The van der Waals surface area contributed by atoms with Crippen molar-refractivity contribution in [2.75, 3.05) is 5.32 Å². The van der Waals surface area contributed by atoms with Gasteiger partial charge in [0, 0.05) is 28.2 Å². The monoisotopic (exact) mass is 426 g/mol. The second kappa shape index (κ2) is 8.32. The predicted molar refractivity (Wildman–Crippen MR) is 117 cm³/mol. The fourth-order valence-electron chi connectivity index (χ4n) is 4.41. The first-order valence-corrected chi connectivity index (χ1v) is 10.6. The van der Waals surface area contributed by atoms with E-state index in [1.54, 1.807) is 42.6 Å². The van der Waals surface area contributed by atoms with Crippen LogP contribution in [0.15, 0.2) is 54.7 Å². The lowest BCUT2D eigenvalue weighted by Gasteiger charge is -2.38. The lowest BCUT2D eigenvalue weighted by atomic mass is 9.71. The van der Waals surface area contributed by atoms with Gasteiger partial charge in [-0.3, -0.25) is 9.78 Å². The van der Waals surface area contributed by atoms with Gasteiger partial charge in [-0.05, 0) is 85.7 Å². The standard InChI is InChI=1S/C24H24ClFN2O2/c1-15(23(29)28-19-5-2-17(25)3-6-19)16-8-11-24(30,12-9-16)21-10-13-27-22-7-4-18(26)14-20(21)22/h2-7,10,13-16,30H,8-9,11-12H2,1H3,(H,28,29)/t15-,16-,24-/m1/s1. The molecule has 1 fully saturated rings. The highest BCUT2D eigenvalue weighted by Crippen LogP contribution is 2.44. The number of hydrogen-bond donors (Lipinski definition) is 2. The van der Waals surface area contributed by atoms with Crippen molar-refractivity contribution < 1.29 is 14.3 Å². The minimum absolute atomic E-state index is 0.0378. The first kappa shape index (κ1) is 20.8. The van der Waals surface area contributed by atoms with Gasteiger partial charge in [-0.15, -0.1) is 0 Å². The summed E-state index contributed by atoms with van der Waals surface area (Å²) in [6.07, 6.45) is 4.12. The minimum atomic E-state index is -1.04. The van der Waals surface area contributed by atoms with Crippen LogP contribution in [-0.2, 0) is 10.4 Å². The molecule has 4 rings (SSSR count). The van der Waals surface area contributed by atoms with E-state index in [1.165, 1.54) is 12.1 Å². The molecular formula is C24H24ClFN2O2. The van der Waals surface area contributed by atoms with Crippen LogP contribution in [0, 0.1) is 17.7 Å². The Kier molecular flexibility index (Phi) is 5.76. The molecule has 1 aliphatic carbocycles. The van der Waals surface area contributed by atoms with E-state index in [9.17, 15) is 14.3 Å². The highest BCUT2D eigenvalue weighted by Gasteiger charge is 2.38. The maximum absolute atomic E-state index is 13.8. The first-order valence-electron chi connectivity index (χ1n) is 10.2. The predicted octanol–water partition coefficient (Wildman–Crippen LogP) is 5.68. The van der Waals surface area contributed by atoms with E-state index < -0.39 is 5.60 Å². The van der Waals surface area contributed by atoms with Crippen molar-refractivity contribution >= 4 is 34.1 Å². The highest BCUT2D eigenvalue weighted by molar-refractivity contribution is 6.30. The average molecular weight is 427 g/mol. The number of rotatable bonds is 4. The van der Waals surface area contributed by atoms with Crippen molar-refractivity contribution in [1.82, 2.24) is 4.98 Å². The lowest BCUT2D eigenvalue weighted by molar-refractivity contribution is -0.122. The van der Waals surface area contributed by atoms with Crippen LogP contribution in [0.5, 0.6) is 0 Å². The average Bonchev–Trinajstić information content (AvgIpc) is 2.75. The third-order valence-electron chi connectivity index (χ3n) is 6.29. The molecule has 1 amide bonds. The summed E-state index contributed by atoms with van der Waals surface area (Å²) in [6.45, 7) is 1.93. The summed E-state index contributed by atoms with van der Waals surface area (Å²) in [6, 6.07) is 13.3. The summed E-state index contributed by atoms with van der Waals surface area (Å²) < 4.78 is 13.8. The van der Waals surface area contributed by atoms with Crippen LogP contribution in [-0.4, -0.2) is 16.0 Å². The Hall–Kier alpha value is -2.50. The van der Waals surface area contributed by atoms with Crippen LogP contribution in [0.2, 0.25) is 5.02 Å². The normalized spacial score (nSPS) is 22.6. The molecule has 30 heavy (non-hydrogen) atoms. The molecule has 2 aromatic carbocycles. The number of nitrogens with one attached hydrogen (secondary N) is 1. The Balaban J connectivity index is 1.46. The zero-order chi connectivity index (χ0) is 21.3. The van der Waals surface area contributed by atoms with Gasteiger partial charge in [-0.2, -0.15) is 0 Å². The summed E-state index contributed by atoms with van der Waals surface area (Å²) >= 11 is 5.89. The molecule has 6 heteroatoms. The number of fused-ring (bicyclic) bond motifs is 1. The SMILES string of the molecule is C[C@@H](C(=O)Nc1ccc(Cl)cc1)[C@H]1CC[C@@](O)(c2ccnc3ccc(F)cc32)CC1.